The number of benzene rings is 1. The predicted octanol–water partition coefficient (Wildman–Crippen LogP) is 0.443. The predicted molar refractivity (Wildman–Crippen MR) is 91.2 cm³/mol. The van der Waals surface area contributed by atoms with Gasteiger partial charge < -0.3 is 10.4 Å². The molecule has 2 N–H and O–H groups in total. The van der Waals surface area contributed by atoms with E-state index >= 15 is 0 Å². The minimum Gasteiger partial charge on any atom is -0.388 e. The van der Waals surface area contributed by atoms with Gasteiger partial charge in [-0.15, -0.1) is 0 Å². The third-order valence-electron chi connectivity index (χ3n) is 5.02. The average Bonchev–Trinajstić information content (AvgIpc) is 2.52. The molecule has 0 aromatic heterocycles. The van der Waals surface area contributed by atoms with Crippen molar-refractivity contribution >= 4 is 9.84 Å². The van der Waals surface area contributed by atoms with Gasteiger partial charge in [0.2, 0.25) is 0 Å². The fourth-order valence-electron chi connectivity index (χ4n) is 3.59. The molecular formula is C17H26N2O3S. The number of piperidine rings is 1. The van der Waals surface area contributed by atoms with Gasteiger partial charge in [-0.3, -0.25) is 4.90 Å². The van der Waals surface area contributed by atoms with Crippen molar-refractivity contribution < 1.29 is 13.5 Å². The van der Waals surface area contributed by atoms with E-state index in [0.29, 0.717) is 26.1 Å². The van der Waals surface area contributed by atoms with Crippen LogP contribution in [0.5, 0.6) is 0 Å². The molecule has 5 nitrogen and oxygen atoms in total. The Kier molecular flexibility index (Phi) is 5.06. The van der Waals surface area contributed by atoms with E-state index in [2.05, 4.69) is 10.2 Å². The Labute approximate surface area is 138 Å². The van der Waals surface area contributed by atoms with Gasteiger partial charge in [-0.25, -0.2) is 8.42 Å². The Hall–Kier alpha value is -0.950. The number of aliphatic hydroxyl groups is 1. The highest BCUT2D eigenvalue weighted by Gasteiger charge is 2.37. The molecule has 128 valence electrons. The van der Waals surface area contributed by atoms with Crippen molar-refractivity contribution in [2.75, 3.05) is 38.5 Å². The van der Waals surface area contributed by atoms with E-state index in [1.54, 1.807) is 0 Å². The van der Waals surface area contributed by atoms with Crippen molar-refractivity contribution in [2.24, 2.45) is 0 Å². The first kappa shape index (κ1) is 16.9. The molecule has 0 saturated carbocycles. The van der Waals surface area contributed by atoms with Gasteiger partial charge in [0, 0.05) is 19.6 Å². The number of β-amino-alcohol motifs (C(OH)–C–C–N with tert-alkyl or cyclic N) is 1. The summed E-state index contributed by atoms with van der Waals surface area (Å²) in [4.78, 5) is 2.14. The minimum absolute atomic E-state index is 0.193. The molecule has 2 saturated heterocycles. The lowest BCUT2D eigenvalue weighted by Crippen LogP contribution is -2.55. The summed E-state index contributed by atoms with van der Waals surface area (Å²) in [5.41, 5.74) is 0.382. The minimum atomic E-state index is -3.05. The van der Waals surface area contributed by atoms with Crippen LogP contribution in [0.15, 0.2) is 30.3 Å². The molecule has 1 unspecified atom stereocenters. The van der Waals surface area contributed by atoms with E-state index < -0.39 is 15.4 Å². The topological polar surface area (TPSA) is 69.6 Å². The molecule has 0 radical (unpaired) electrons. The highest BCUT2D eigenvalue weighted by atomic mass is 32.2. The van der Waals surface area contributed by atoms with Gasteiger partial charge in [-0.05, 0) is 37.9 Å². The smallest absolute Gasteiger partial charge is 0.156 e. The largest absolute Gasteiger partial charge is 0.388 e. The molecule has 1 atom stereocenters. The molecule has 1 aromatic carbocycles. The second-order valence-corrected chi connectivity index (χ2v) is 9.29. The summed E-state index contributed by atoms with van der Waals surface area (Å²) >= 11 is 0. The van der Waals surface area contributed by atoms with Gasteiger partial charge in [0.25, 0.3) is 0 Å². The molecule has 2 fully saturated rings. The van der Waals surface area contributed by atoms with Crippen LogP contribution in [0, 0.1) is 0 Å². The van der Waals surface area contributed by atoms with E-state index in [1.165, 1.54) is 0 Å². The van der Waals surface area contributed by atoms with Crippen LogP contribution in [0.1, 0.15) is 18.4 Å². The van der Waals surface area contributed by atoms with Crippen LogP contribution >= 0.6 is 0 Å². The second-order valence-electron chi connectivity index (χ2n) is 6.89. The third kappa shape index (κ3) is 4.32. The van der Waals surface area contributed by atoms with Gasteiger partial charge in [-0.1, -0.05) is 30.3 Å². The van der Waals surface area contributed by atoms with Gasteiger partial charge in [0.05, 0.1) is 16.6 Å². The monoisotopic (exact) mass is 338 g/mol. The summed E-state index contributed by atoms with van der Waals surface area (Å²) in [5, 5.41) is 13.6. The summed E-state index contributed by atoms with van der Waals surface area (Å²) in [6, 6.07) is 9.79. The Balaban J connectivity index is 1.66. The number of hydrogen-bond donors (Lipinski definition) is 2. The Morgan fingerprint density at radius 3 is 2.61 bits per heavy atom. The summed E-state index contributed by atoms with van der Waals surface area (Å²) < 4.78 is 24.8. The van der Waals surface area contributed by atoms with Crippen LogP contribution in [-0.2, 0) is 16.3 Å². The number of nitrogens with zero attached hydrogens (tertiary/aromatic N) is 1. The van der Waals surface area contributed by atoms with Crippen LogP contribution in [0.3, 0.4) is 0 Å². The number of rotatable bonds is 4. The van der Waals surface area contributed by atoms with Crippen molar-refractivity contribution in [3.8, 4) is 0 Å². The van der Waals surface area contributed by atoms with Crippen LogP contribution in [0.25, 0.3) is 0 Å². The first-order valence-corrected chi connectivity index (χ1v) is 10.1. The lowest BCUT2D eigenvalue weighted by molar-refractivity contribution is -0.0205. The maximum Gasteiger partial charge on any atom is 0.156 e. The number of sulfone groups is 1. The van der Waals surface area contributed by atoms with Crippen LogP contribution in [-0.4, -0.2) is 67.8 Å². The molecule has 3 rings (SSSR count). The normalized spacial score (nSPS) is 27.6. The fraction of sp³-hybridized carbons (Fsp3) is 0.647. The van der Waals surface area contributed by atoms with E-state index in [4.69, 9.17) is 0 Å². The first-order chi connectivity index (χ1) is 11.0. The van der Waals surface area contributed by atoms with E-state index in [-0.39, 0.29) is 11.0 Å². The Bertz CT molecular complexity index is 612. The molecular weight excluding hydrogens is 312 g/mol. The molecule has 0 aliphatic carbocycles. The summed E-state index contributed by atoms with van der Waals surface area (Å²) in [6.45, 7) is 3.29. The highest BCUT2D eigenvalue weighted by Crippen LogP contribution is 2.23. The zero-order valence-electron chi connectivity index (χ0n) is 13.4. The highest BCUT2D eigenvalue weighted by molar-refractivity contribution is 7.92. The van der Waals surface area contributed by atoms with E-state index in [1.807, 2.05) is 30.3 Å². The Morgan fingerprint density at radius 2 is 1.91 bits per heavy atom. The second kappa shape index (κ2) is 6.89. The third-order valence-corrected chi connectivity index (χ3v) is 7.10. The van der Waals surface area contributed by atoms with Gasteiger partial charge in [0.1, 0.15) is 0 Å². The van der Waals surface area contributed by atoms with Crippen molar-refractivity contribution in [3.05, 3.63) is 35.9 Å². The van der Waals surface area contributed by atoms with Crippen molar-refractivity contribution in [1.29, 1.82) is 0 Å². The lowest BCUT2D eigenvalue weighted by atomic mass is 9.91. The van der Waals surface area contributed by atoms with Crippen LogP contribution in [0.2, 0.25) is 0 Å². The maximum absolute atomic E-state index is 12.4. The van der Waals surface area contributed by atoms with Crippen molar-refractivity contribution in [1.82, 2.24) is 10.2 Å². The summed E-state index contributed by atoms with van der Waals surface area (Å²) in [5.74, 6) is 0.193. The van der Waals surface area contributed by atoms with E-state index in [0.717, 1.165) is 31.5 Å². The quantitative estimate of drug-likeness (QED) is 0.834. The molecule has 2 heterocycles. The standard InChI is InChI=1S/C17H26N2O3S/c20-17(6-8-18-9-7-17)14-19-10-11-23(21,22)16(13-19)12-15-4-2-1-3-5-15/h1-5,16,18,20H,6-14H2. The maximum atomic E-state index is 12.4. The van der Waals surface area contributed by atoms with Crippen LogP contribution < -0.4 is 5.32 Å². The zero-order valence-corrected chi connectivity index (χ0v) is 14.3. The summed E-state index contributed by atoms with van der Waals surface area (Å²) in [6.07, 6.45) is 2.03. The molecule has 1 aromatic rings. The summed E-state index contributed by atoms with van der Waals surface area (Å²) in [7, 11) is -3.05. The van der Waals surface area contributed by atoms with Gasteiger partial charge in [0.15, 0.2) is 9.84 Å². The SMILES string of the molecule is O=S1(=O)CCN(CC2(O)CCNCC2)CC1Cc1ccccc1. The number of nitrogens with one attached hydrogen (secondary N) is 1. The Morgan fingerprint density at radius 1 is 1.22 bits per heavy atom. The van der Waals surface area contributed by atoms with Crippen LogP contribution in [0.4, 0.5) is 0 Å². The fourth-order valence-corrected chi connectivity index (χ4v) is 5.32. The van der Waals surface area contributed by atoms with Gasteiger partial charge >= 0.3 is 0 Å². The zero-order chi connectivity index (χ0) is 16.3. The lowest BCUT2D eigenvalue weighted by Gasteiger charge is -2.40. The van der Waals surface area contributed by atoms with Crippen molar-refractivity contribution in [3.63, 3.8) is 0 Å². The molecule has 6 heteroatoms. The molecule has 2 aliphatic heterocycles. The van der Waals surface area contributed by atoms with Gasteiger partial charge in [-0.2, -0.15) is 0 Å². The average molecular weight is 338 g/mol. The molecule has 2 aliphatic rings. The molecule has 23 heavy (non-hydrogen) atoms. The first-order valence-electron chi connectivity index (χ1n) is 8.38. The van der Waals surface area contributed by atoms with Crippen molar-refractivity contribution in [2.45, 2.75) is 30.1 Å². The molecule has 0 amide bonds. The number of hydrogen-bond acceptors (Lipinski definition) is 5. The molecule has 0 bridgehead atoms. The van der Waals surface area contributed by atoms with E-state index in [9.17, 15) is 13.5 Å². The molecule has 0 spiro atoms.